The number of methoxy groups -OCH3 is 1. The Bertz CT molecular complexity index is 353. The van der Waals surface area contributed by atoms with E-state index >= 15 is 0 Å². The molecular formula is C7H6FNO4. The van der Waals surface area contributed by atoms with Crippen molar-refractivity contribution in [3.63, 3.8) is 0 Å². The Balaban J connectivity index is 3.41. The number of hydrogen-bond donors (Lipinski definition) is 1. The van der Waals surface area contributed by atoms with Gasteiger partial charge in [0, 0.05) is 0 Å². The van der Waals surface area contributed by atoms with Gasteiger partial charge in [0.1, 0.15) is 0 Å². The molecule has 13 heavy (non-hydrogen) atoms. The summed E-state index contributed by atoms with van der Waals surface area (Å²) in [5.74, 6) is -2.24. The summed E-state index contributed by atoms with van der Waals surface area (Å²) in [5.41, 5.74) is -0.762. The molecule has 1 aromatic rings. The second kappa shape index (κ2) is 3.26. The number of phenolic OH excluding ortho intramolecular Hbond substituents is 1. The van der Waals surface area contributed by atoms with Crippen LogP contribution in [0, 0.1) is 15.9 Å². The van der Waals surface area contributed by atoms with Crippen molar-refractivity contribution in [2.24, 2.45) is 0 Å². The van der Waals surface area contributed by atoms with Gasteiger partial charge in [0.15, 0.2) is 5.82 Å². The maximum atomic E-state index is 12.6. The van der Waals surface area contributed by atoms with Crippen LogP contribution in [0.15, 0.2) is 12.1 Å². The van der Waals surface area contributed by atoms with E-state index in [0.717, 1.165) is 12.1 Å². The lowest BCUT2D eigenvalue weighted by Gasteiger charge is -2.02. The van der Waals surface area contributed by atoms with Gasteiger partial charge >= 0.3 is 5.69 Å². The molecule has 1 N–H and O–H groups in total. The van der Waals surface area contributed by atoms with Crippen molar-refractivity contribution in [3.8, 4) is 11.5 Å². The SMILES string of the molecule is COc1ccc(F)c(O)c1[N+](=O)[O-]. The van der Waals surface area contributed by atoms with Crippen LogP contribution in [0.5, 0.6) is 11.5 Å². The van der Waals surface area contributed by atoms with Crippen LogP contribution in [-0.4, -0.2) is 17.1 Å². The van der Waals surface area contributed by atoms with Crippen LogP contribution >= 0.6 is 0 Å². The number of hydrogen-bond acceptors (Lipinski definition) is 4. The van der Waals surface area contributed by atoms with E-state index < -0.39 is 22.2 Å². The quantitative estimate of drug-likeness (QED) is 0.561. The van der Waals surface area contributed by atoms with Crippen LogP contribution in [0.1, 0.15) is 0 Å². The number of halogens is 1. The van der Waals surface area contributed by atoms with Crippen LogP contribution in [0.25, 0.3) is 0 Å². The lowest BCUT2D eigenvalue weighted by molar-refractivity contribution is -0.387. The molecule has 1 aromatic carbocycles. The van der Waals surface area contributed by atoms with Crippen molar-refractivity contribution in [3.05, 3.63) is 28.1 Å². The predicted octanol–water partition coefficient (Wildman–Crippen LogP) is 1.45. The zero-order valence-electron chi connectivity index (χ0n) is 6.65. The molecule has 1 rings (SSSR count). The fourth-order valence-corrected chi connectivity index (χ4v) is 0.878. The predicted molar refractivity (Wildman–Crippen MR) is 41.3 cm³/mol. The van der Waals surface area contributed by atoms with E-state index in [1.54, 1.807) is 0 Å². The molecule has 0 radical (unpaired) electrons. The van der Waals surface area contributed by atoms with Crippen molar-refractivity contribution >= 4 is 5.69 Å². The normalized spacial score (nSPS) is 9.69. The second-order valence-corrected chi connectivity index (χ2v) is 2.20. The first kappa shape index (κ1) is 9.24. The summed E-state index contributed by atoms with van der Waals surface area (Å²) in [7, 11) is 1.19. The number of nitrogens with zero attached hydrogens (tertiary/aromatic N) is 1. The van der Waals surface area contributed by atoms with Crippen LogP contribution in [0.2, 0.25) is 0 Å². The molecule has 0 saturated carbocycles. The minimum Gasteiger partial charge on any atom is -0.500 e. The average Bonchev–Trinajstić information content (AvgIpc) is 2.08. The van der Waals surface area contributed by atoms with Crippen LogP contribution in [0.3, 0.4) is 0 Å². The van der Waals surface area contributed by atoms with E-state index in [0.29, 0.717) is 0 Å². The summed E-state index contributed by atoms with van der Waals surface area (Å²) >= 11 is 0. The molecule has 0 aromatic heterocycles. The van der Waals surface area contributed by atoms with Crippen molar-refractivity contribution in [1.29, 1.82) is 0 Å². The van der Waals surface area contributed by atoms with E-state index in [-0.39, 0.29) is 5.75 Å². The van der Waals surface area contributed by atoms with Crippen molar-refractivity contribution in [2.75, 3.05) is 7.11 Å². The topological polar surface area (TPSA) is 72.6 Å². The summed E-state index contributed by atoms with van der Waals surface area (Å²) in [6.07, 6.45) is 0. The lowest BCUT2D eigenvalue weighted by atomic mass is 10.2. The molecule has 5 nitrogen and oxygen atoms in total. The maximum absolute atomic E-state index is 12.6. The first-order chi connectivity index (χ1) is 6.07. The minimum atomic E-state index is -1.05. The van der Waals surface area contributed by atoms with E-state index in [1.165, 1.54) is 7.11 Å². The van der Waals surface area contributed by atoms with Gasteiger partial charge in [-0.15, -0.1) is 0 Å². The molecule has 0 aliphatic carbocycles. The van der Waals surface area contributed by atoms with Gasteiger partial charge in [-0.1, -0.05) is 0 Å². The van der Waals surface area contributed by atoms with Crippen molar-refractivity contribution in [1.82, 2.24) is 0 Å². The Hall–Kier alpha value is -1.85. The summed E-state index contributed by atoms with van der Waals surface area (Å²) in [5, 5.41) is 19.3. The highest BCUT2D eigenvalue weighted by atomic mass is 19.1. The van der Waals surface area contributed by atoms with Gasteiger partial charge in [-0.25, -0.2) is 4.39 Å². The third kappa shape index (κ3) is 1.51. The molecule has 0 bridgehead atoms. The summed E-state index contributed by atoms with van der Waals surface area (Å²) in [4.78, 5) is 9.45. The first-order valence-electron chi connectivity index (χ1n) is 3.27. The fraction of sp³-hybridized carbons (Fsp3) is 0.143. The fourth-order valence-electron chi connectivity index (χ4n) is 0.878. The Morgan fingerprint density at radius 1 is 1.62 bits per heavy atom. The number of benzene rings is 1. The molecule has 0 aliphatic rings. The maximum Gasteiger partial charge on any atom is 0.355 e. The molecule has 0 aliphatic heterocycles. The first-order valence-corrected chi connectivity index (χ1v) is 3.27. The number of phenols is 1. The van der Waals surface area contributed by atoms with Crippen LogP contribution in [-0.2, 0) is 0 Å². The van der Waals surface area contributed by atoms with E-state index in [1.807, 2.05) is 0 Å². The monoisotopic (exact) mass is 187 g/mol. The summed E-state index contributed by atoms with van der Waals surface area (Å²) in [6, 6.07) is 1.97. The number of rotatable bonds is 2. The van der Waals surface area contributed by atoms with Crippen LogP contribution < -0.4 is 4.74 Å². The highest BCUT2D eigenvalue weighted by molar-refractivity contribution is 5.56. The van der Waals surface area contributed by atoms with Gasteiger partial charge in [0.2, 0.25) is 11.5 Å². The van der Waals surface area contributed by atoms with Crippen molar-refractivity contribution in [2.45, 2.75) is 0 Å². The zero-order valence-corrected chi connectivity index (χ0v) is 6.65. The van der Waals surface area contributed by atoms with E-state index in [2.05, 4.69) is 4.74 Å². The van der Waals surface area contributed by atoms with Gasteiger partial charge in [0.05, 0.1) is 12.0 Å². The molecule has 0 unspecified atom stereocenters. The molecule has 70 valence electrons. The number of ether oxygens (including phenoxy) is 1. The van der Waals surface area contributed by atoms with Gasteiger partial charge in [-0.2, -0.15) is 0 Å². The molecule has 0 amide bonds. The van der Waals surface area contributed by atoms with Crippen molar-refractivity contribution < 1.29 is 19.2 Å². The van der Waals surface area contributed by atoms with Gasteiger partial charge in [-0.3, -0.25) is 10.1 Å². The molecule has 0 atom stereocenters. The third-order valence-electron chi connectivity index (χ3n) is 1.47. The summed E-state index contributed by atoms with van der Waals surface area (Å²) < 4.78 is 17.2. The summed E-state index contributed by atoms with van der Waals surface area (Å²) in [6.45, 7) is 0. The lowest BCUT2D eigenvalue weighted by Crippen LogP contribution is -1.95. The largest absolute Gasteiger partial charge is 0.500 e. The Morgan fingerprint density at radius 3 is 2.69 bits per heavy atom. The third-order valence-corrected chi connectivity index (χ3v) is 1.47. The van der Waals surface area contributed by atoms with Gasteiger partial charge in [0.25, 0.3) is 0 Å². The van der Waals surface area contributed by atoms with Gasteiger partial charge < -0.3 is 9.84 Å². The molecule has 0 spiro atoms. The number of aromatic hydroxyl groups is 1. The Kier molecular flexibility index (Phi) is 2.32. The molecule has 0 saturated heterocycles. The Labute approximate surface area is 72.5 Å². The van der Waals surface area contributed by atoms with Gasteiger partial charge in [-0.05, 0) is 12.1 Å². The second-order valence-electron chi connectivity index (χ2n) is 2.20. The zero-order chi connectivity index (χ0) is 10.0. The van der Waals surface area contributed by atoms with E-state index in [9.17, 15) is 14.5 Å². The van der Waals surface area contributed by atoms with Crippen LogP contribution in [0.4, 0.5) is 10.1 Å². The molecule has 6 heteroatoms. The average molecular weight is 187 g/mol. The molecule has 0 fully saturated rings. The molecule has 0 heterocycles. The standard InChI is InChI=1S/C7H6FNO4/c1-13-5-3-2-4(8)7(10)6(5)9(11)12/h2-3,10H,1H3. The smallest absolute Gasteiger partial charge is 0.355 e. The highest BCUT2D eigenvalue weighted by Gasteiger charge is 2.23. The van der Waals surface area contributed by atoms with E-state index in [4.69, 9.17) is 5.11 Å². The number of nitro groups is 1. The number of nitro benzene ring substituents is 1. The highest BCUT2D eigenvalue weighted by Crippen LogP contribution is 2.37. The minimum absolute atomic E-state index is 0.177. The molecular weight excluding hydrogens is 181 g/mol. The Morgan fingerprint density at radius 2 is 2.23 bits per heavy atom.